The first-order valence-electron chi connectivity index (χ1n) is 5.98. The van der Waals surface area contributed by atoms with Crippen molar-refractivity contribution in [3.8, 4) is 17.2 Å². The van der Waals surface area contributed by atoms with Crippen LogP contribution in [0.15, 0.2) is 22.7 Å². The predicted molar refractivity (Wildman–Crippen MR) is 70.4 cm³/mol. The molecular weight excluding hydrogens is 246 g/mol. The normalized spacial score (nSPS) is 12.8. The molecule has 2 rings (SSSR count). The van der Waals surface area contributed by atoms with E-state index in [1.165, 1.54) is 6.07 Å². The average molecular weight is 263 g/mol. The fraction of sp³-hybridized carbons (Fsp3) is 0.385. The zero-order valence-electron chi connectivity index (χ0n) is 11.1. The Hall–Kier alpha value is -2.08. The summed E-state index contributed by atoms with van der Waals surface area (Å²) in [6, 6.07) is 4.74. The minimum Gasteiger partial charge on any atom is -0.506 e. The Morgan fingerprint density at radius 2 is 2.11 bits per heavy atom. The van der Waals surface area contributed by atoms with Crippen molar-refractivity contribution in [2.45, 2.75) is 20.0 Å². The summed E-state index contributed by atoms with van der Waals surface area (Å²) in [7, 11) is 1.61. The molecule has 1 aromatic heterocycles. The Bertz CT molecular complexity index is 566. The van der Waals surface area contributed by atoms with Crippen LogP contribution in [-0.2, 0) is 4.74 Å². The fourth-order valence-corrected chi connectivity index (χ4v) is 1.83. The van der Waals surface area contributed by atoms with Gasteiger partial charge in [-0.3, -0.25) is 0 Å². The van der Waals surface area contributed by atoms with E-state index in [4.69, 9.17) is 15.0 Å². The largest absolute Gasteiger partial charge is 0.506 e. The summed E-state index contributed by atoms with van der Waals surface area (Å²) < 4.78 is 10.5. The second kappa shape index (κ2) is 5.27. The van der Waals surface area contributed by atoms with Gasteiger partial charge in [0.1, 0.15) is 11.9 Å². The van der Waals surface area contributed by atoms with Crippen LogP contribution in [-0.4, -0.2) is 22.4 Å². The monoisotopic (exact) mass is 263 g/mol. The summed E-state index contributed by atoms with van der Waals surface area (Å²) >= 11 is 0. The molecule has 6 nitrogen and oxygen atoms in total. The Labute approximate surface area is 111 Å². The number of nitrogens with zero attached hydrogens (tertiary/aromatic N) is 2. The van der Waals surface area contributed by atoms with E-state index in [2.05, 4.69) is 10.1 Å². The number of nitrogens with two attached hydrogens (primary N) is 1. The third kappa shape index (κ3) is 2.68. The smallest absolute Gasteiger partial charge is 0.258 e. The summed E-state index contributed by atoms with van der Waals surface area (Å²) in [5.41, 5.74) is 6.56. The van der Waals surface area contributed by atoms with Gasteiger partial charge in [-0.2, -0.15) is 4.98 Å². The fourth-order valence-electron chi connectivity index (χ4n) is 1.83. The van der Waals surface area contributed by atoms with Crippen LogP contribution in [0.2, 0.25) is 0 Å². The molecule has 0 bridgehead atoms. The van der Waals surface area contributed by atoms with Gasteiger partial charge in [0, 0.05) is 12.7 Å². The number of aromatic nitrogens is 2. The molecule has 0 fully saturated rings. The minimum atomic E-state index is -0.216. The molecule has 102 valence electrons. The Morgan fingerprint density at radius 3 is 2.68 bits per heavy atom. The SMILES string of the molecule is COC(c1noc(-c2ccc(O)c(N)c2)n1)C(C)C. The number of nitrogen functional groups attached to an aromatic ring is 1. The van der Waals surface area contributed by atoms with Crippen molar-refractivity contribution < 1.29 is 14.4 Å². The number of hydrogen-bond acceptors (Lipinski definition) is 6. The highest BCUT2D eigenvalue weighted by atomic mass is 16.5. The topological polar surface area (TPSA) is 94.4 Å². The van der Waals surface area contributed by atoms with Gasteiger partial charge in [0.15, 0.2) is 0 Å². The predicted octanol–water partition coefficient (Wildman–Crippen LogP) is 2.37. The lowest BCUT2D eigenvalue weighted by Crippen LogP contribution is -2.10. The van der Waals surface area contributed by atoms with Crippen molar-refractivity contribution in [2.75, 3.05) is 12.8 Å². The molecule has 0 aliphatic heterocycles. The summed E-state index contributed by atoms with van der Waals surface area (Å²) in [5, 5.41) is 13.3. The second-order valence-corrected chi connectivity index (χ2v) is 4.63. The first-order chi connectivity index (χ1) is 9.02. The number of rotatable bonds is 4. The van der Waals surface area contributed by atoms with E-state index in [0.717, 1.165) is 0 Å². The number of methoxy groups -OCH3 is 1. The maximum Gasteiger partial charge on any atom is 0.258 e. The molecule has 3 N–H and O–H groups in total. The molecule has 1 heterocycles. The van der Waals surface area contributed by atoms with Crippen molar-refractivity contribution in [3.05, 3.63) is 24.0 Å². The van der Waals surface area contributed by atoms with E-state index >= 15 is 0 Å². The zero-order chi connectivity index (χ0) is 14.0. The van der Waals surface area contributed by atoms with Gasteiger partial charge in [-0.15, -0.1) is 0 Å². The number of aromatic hydroxyl groups is 1. The van der Waals surface area contributed by atoms with Crippen LogP contribution in [0.4, 0.5) is 5.69 Å². The van der Waals surface area contributed by atoms with Gasteiger partial charge in [-0.1, -0.05) is 19.0 Å². The van der Waals surface area contributed by atoms with Crippen molar-refractivity contribution in [1.29, 1.82) is 0 Å². The van der Waals surface area contributed by atoms with Crippen molar-refractivity contribution >= 4 is 5.69 Å². The molecule has 6 heteroatoms. The van der Waals surface area contributed by atoms with E-state index in [-0.39, 0.29) is 23.5 Å². The van der Waals surface area contributed by atoms with Crippen LogP contribution in [0.3, 0.4) is 0 Å². The zero-order valence-corrected chi connectivity index (χ0v) is 11.1. The molecule has 1 aromatic carbocycles. The molecule has 2 aromatic rings. The van der Waals surface area contributed by atoms with Crippen LogP contribution >= 0.6 is 0 Å². The summed E-state index contributed by atoms with van der Waals surface area (Å²) in [5.74, 6) is 1.12. The van der Waals surface area contributed by atoms with E-state index < -0.39 is 0 Å². The summed E-state index contributed by atoms with van der Waals surface area (Å²) in [6.45, 7) is 4.03. The Balaban J connectivity index is 2.32. The summed E-state index contributed by atoms with van der Waals surface area (Å²) in [6.07, 6.45) is -0.216. The third-order valence-corrected chi connectivity index (χ3v) is 2.83. The minimum absolute atomic E-state index is 0.0282. The number of ether oxygens (including phenoxy) is 1. The number of phenolic OH excluding ortho intramolecular Hbond substituents is 1. The van der Waals surface area contributed by atoms with Crippen molar-refractivity contribution in [3.63, 3.8) is 0 Å². The number of hydrogen-bond donors (Lipinski definition) is 2. The van der Waals surface area contributed by atoms with Crippen LogP contribution in [0.5, 0.6) is 5.75 Å². The lowest BCUT2D eigenvalue weighted by molar-refractivity contribution is 0.0556. The molecule has 0 aliphatic carbocycles. The molecule has 0 radical (unpaired) electrons. The second-order valence-electron chi connectivity index (χ2n) is 4.63. The number of benzene rings is 1. The molecule has 19 heavy (non-hydrogen) atoms. The van der Waals surface area contributed by atoms with E-state index in [9.17, 15) is 5.11 Å². The average Bonchev–Trinajstić information content (AvgIpc) is 2.82. The lowest BCUT2D eigenvalue weighted by Gasteiger charge is -2.14. The van der Waals surface area contributed by atoms with E-state index in [0.29, 0.717) is 17.3 Å². The highest BCUT2D eigenvalue weighted by Gasteiger charge is 2.21. The highest BCUT2D eigenvalue weighted by molar-refractivity contribution is 5.64. The van der Waals surface area contributed by atoms with E-state index in [1.54, 1.807) is 19.2 Å². The van der Waals surface area contributed by atoms with Crippen LogP contribution in [0, 0.1) is 5.92 Å². The Kier molecular flexibility index (Phi) is 3.71. The van der Waals surface area contributed by atoms with Crippen molar-refractivity contribution in [2.24, 2.45) is 5.92 Å². The first-order valence-corrected chi connectivity index (χ1v) is 5.98. The molecule has 1 atom stereocenters. The molecule has 0 saturated heterocycles. The van der Waals surface area contributed by atoms with Crippen LogP contribution < -0.4 is 5.73 Å². The standard InChI is InChI=1S/C13H17N3O3/c1-7(2)11(18-3)12-15-13(19-16-12)8-4-5-10(17)9(14)6-8/h4-7,11,17H,14H2,1-3H3. The maximum absolute atomic E-state index is 9.38. The molecule has 0 saturated carbocycles. The lowest BCUT2D eigenvalue weighted by atomic mass is 10.1. The van der Waals surface area contributed by atoms with Gasteiger partial charge in [-0.25, -0.2) is 0 Å². The van der Waals surface area contributed by atoms with Crippen molar-refractivity contribution in [1.82, 2.24) is 10.1 Å². The van der Waals surface area contributed by atoms with Gasteiger partial charge in [0.25, 0.3) is 5.89 Å². The van der Waals surface area contributed by atoms with Gasteiger partial charge in [0.2, 0.25) is 5.82 Å². The molecule has 0 aliphatic rings. The maximum atomic E-state index is 9.38. The molecular formula is C13H17N3O3. The number of anilines is 1. The van der Waals surface area contributed by atoms with Gasteiger partial charge in [-0.05, 0) is 24.1 Å². The highest BCUT2D eigenvalue weighted by Crippen LogP contribution is 2.29. The van der Waals surface area contributed by atoms with Crippen LogP contribution in [0.25, 0.3) is 11.5 Å². The first kappa shape index (κ1) is 13.4. The quantitative estimate of drug-likeness (QED) is 0.649. The molecule has 0 spiro atoms. The van der Waals surface area contributed by atoms with Gasteiger partial charge in [0.05, 0.1) is 5.69 Å². The van der Waals surface area contributed by atoms with Crippen LogP contribution in [0.1, 0.15) is 25.8 Å². The van der Waals surface area contributed by atoms with Gasteiger partial charge >= 0.3 is 0 Å². The van der Waals surface area contributed by atoms with E-state index in [1.807, 2.05) is 13.8 Å². The third-order valence-electron chi connectivity index (χ3n) is 2.83. The summed E-state index contributed by atoms with van der Waals surface area (Å²) in [4.78, 5) is 4.30. The Morgan fingerprint density at radius 1 is 1.37 bits per heavy atom. The van der Waals surface area contributed by atoms with Gasteiger partial charge < -0.3 is 20.1 Å². The molecule has 1 unspecified atom stereocenters. The molecule has 0 amide bonds. The number of phenols is 1.